The number of hydrogen-bond acceptors (Lipinski definition) is 4. The van der Waals surface area contributed by atoms with Crippen LogP contribution < -0.4 is 5.32 Å². The minimum absolute atomic E-state index is 0.733. The van der Waals surface area contributed by atoms with E-state index < -0.39 is 0 Å². The Hall–Kier alpha value is -1.20. The molecule has 0 aliphatic rings. The lowest BCUT2D eigenvalue weighted by atomic mass is 10.3. The van der Waals surface area contributed by atoms with Gasteiger partial charge in [0.2, 0.25) is 0 Å². The lowest BCUT2D eigenvalue weighted by Gasteiger charge is -2.00. The summed E-state index contributed by atoms with van der Waals surface area (Å²) in [5.74, 6) is 0.874. The maximum atomic E-state index is 4.03. The van der Waals surface area contributed by atoms with E-state index >= 15 is 0 Å². The molecule has 0 atom stereocenters. The quantitative estimate of drug-likeness (QED) is 0.800. The second kappa shape index (κ2) is 4.34. The first-order chi connectivity index (χ1) is 6.86. The molecule has 2 heterocycles. The molecule has 0 fully saturated rings. The van der Waals surface area contributed by atoms with Crippen molar-refractivity contribution in [2.45, 2.75) is 20.0 Å². The zero-order valence-electron chi connectivity index (χ0n) is 7.95. The van der Waals surface area contributed by atoms with Crippen molar-refractivity contribution in [3.63, 3.8) is 0 Å². The standard InChI is InChI=1S/C9H12N4S/c1-7-2-3-14-8(7)4-10-5-9-11-6-12-13-9/h2-3,6,10H,4-5H2,1H3,(H,11,12,13). The summed E-state index contributed by atoms with van der Waals surface area (Å²) >= 11 is 1.78. The molecule has 0 saturated heterocycles. The highest BCUT2D eigenvalue weighted by atomic mass is 32.1. The van der Waals surface area contributed by atoms with Crippen molar-refractivity contribution < 1.29 is 0 Å². The maximum absolute atomic E-state index is 4.03. The van der Waals surface area contributed by atoms with Gasteiger partial charge in [0.15, 0.2) is 0 Å². The molecule has 74 valence electrons. The number of nitrogens with one attached hydrogen (secondary N) is 2. The number of hydrogen-bond donors (Lipinski definition) is 2. The largest absolute Gasteiger partial charge is 0.305 e. The molecule has 2 aromatic rings. The van der Waals surface area contributed by atoms with Gasteiger partial charge in [-0.2, -0.15) is 5.10 Å². The summed E-state index contributed by atoms with van der Waals surface area (Å²) in [5, 5.41) is 12.0. The fourth-order valence-electron chi connectivity index (χ4n) is 1.20. The van der Waals surface area contributed by atoms with Crippen LogP contribution in [-0.2, 0) is 13.1 Å². The van der Waals surface area contributed by atoms with Crippen molar-refractivity contribution in [1.82, 2.24) is 20.5 Å². The van der Waals surface area contributed by atoms with Crippen LogP contribution >= 0.6 is 11.3 Å². The Balaban J connectivity index is 1.81. The van der Waals surface area contributed by atoms with Gasteiger partial charge in [-0.15, -0.1) is 11.3 Å². The molecule has 2 N–H and O–H groups in total. The molecule has 0 amide bonds. The maximum Gasteiger partial charge on any atom is 0.138 e. The van der Waals surface area contributed by atoms with Gasteiger partial charge >= 0.3 is 0 Å². The van der Waals surface area contributed by atoms with Crippen LogP contribution in [-0.4, -0.2) is 15.2 Å². The lowest BCUT2D eigenvalue weighted by Crippen LogP contribution is -2.13. The molecule has 0 aliphatic carbocycles. The normalized spacial score (nSPS) is 10.6. The molecule has 2 rings (SSSR count). The monoisotopic (exact) mass is 208 g/mol. The van der Waals surface area contributed by atoms with E-state index in [9.17, 15) is 0 Å². The molecule has 0 saturated carbocycles. The van der Waals surface area contributed by atoms with Gasteiger partial charge in [-0.3, -0.25) is 5.10 Å². The highest BCUT2D eigenvalue weighted by Gasteiger charge is 1.99. The summed E-state index contributed by atoms with van der Waals surface area (Å²) < 4.78 is 0. The zero-order valence-corrected chi connectivity index (χ0v) is 8.77. The van der Waals surface area contributed by atoms with Gasteiger partial charge in [0.05, 0.1) is 6.54 Å². The van der Waals surface area contributed by atoms with Crippen LogP contribution in [0.2, 0.25) is 0 Å². The number of aromatic amines is 1. The summed E-state index contributed by atoms with van der Waals surface area (Å²) in [6, 6.07) is 2.14. The van der Waals surface area contributed by atoms with Gasteiger partial charge in [-0.25, -0.2) is 4.98 Å². The van der Waals surface area contributed by atoms with Crippen molar-refractivity contribution in [2.75, 3.05) is 0 Å². The number of thiophene rings is 1. The summed E-state index contributed by atoms with van der Waals surface area (Å²) in [7, 11) is 0. The van der Waals surface area contributed by atoms with Crippen LogP contribution in [0.25, 0.3) is 0 Å². The van der Waals surface area contributed by atoms with Crippen molar-refractivity contribution in [2.24, 2.45) is 0 Å². The second-order valence-electron chi connectivity index (χ2n) is 3.06. The summed E-state index contributed by atoms with van der Waals surface area (Å²) in [6.45, 7) is 3.75. The molecule has 0 radical (unpaired) electrons. The number of H-pyrrole nitrogens is 1. The van der Waals surface area contributed by atoms with E-state index in [4.69, 9.17) is 0 Å². The first-order valence-corrected chi connectivity index (χ1v) is 5.32. The van der Waals surface area contributed by atoms with Gasteiger partial charge < -0.3 is 5.32 Å². The van der Waals surface area contributed by atoms with Gasteiger partial charge in [0, 0.05) is 11.4 Å². The third kappa shape index (κ3) is 2.18. The molecule has 0 aromatic carbocycles. The van der Waals surface area contributed by atoms with Crippen LogP contribution in [0.4, 0.5) is 0 Å². The molecule has 5 heteroatoms. The highest BCUT2D eigenvalue weighted by molar-refractivity contribution is 7.10. The van der Waals surface area contributed by atoms with Crippen LogP contribution in [0.1, 0.15) is 16.3 Å². The average molecular weight is 208 g/mol. The zero-order chi connectivity index (χ0) is 9.80. The van der Waals surface area contributed by atoms with E-state index in [1.165, 1.54) is 16.8 Å². The van der Waals surface area contributed by atoms with Crippen LogP contribution in [0.3, 0.4) is 0 Å². The summed E-state index contributed by atoms with van der Waals surface area (Å²) in [4.78, 5) is 5.41. The minimum Gasteiger partial charge on any atom is -0.305 e. The van der Waals surface area contributed by atoms with Crippen LogP contribution in [0, 0.1) is 6.92 Å². The van der Waals surface area contributed by atoms with Gasteiger partial charge in [-0.05, 0) is 23.9 Å². The Morgan fingerprint density at radius 2 is 2.43 bits per heavy atom. The van der Waals surface area contributed by atoms with Gasteiger partial charge in [-0.1, -0.05) is 0 Å². The Labute approximate surface area is 86.4 Å². The minimum atomic E-state index is 0.733. The second-order valence-corrected chi connectivity index (χ2v) is 4.06. The number of rotatable bonds is 4. The van der Waals surface area contributed by atoms with Crippen LogP contribution in [0.5, 0.6) is 0 Å². The molecular weight excluding hydrogens is 196 g/mol. The van der Waals surface area contributed by atoms with Crippen molar-refractivity contribution >= 4 is 11.3 Å². The first kappa shape index (κ1) is 9.36. The smallest absolute Gasteiger partial charge is 0.138 e. The number of nitrogens with zero attached hydrogens (tertiary/aromatic N) is 2. The summed E-state index contributed by atoms with van der Waals surface area (Å²) in [5.41, 5.74) is 1.35. The first-order valence-electron chi connectivity index (χ1n) is 4.44. The molecule has 0 unspecified atom stereocenters. The third-order valence-corrected chi connectivity index (χ3v) is 3.03. The fourth-order valence-corrected chi connectivity index (χ4v) is 2.07. The third-order valence-electron chi connectivity index (χ3n) is 2.01. The molecule has 0 aliphatic heterocycles. The Bertz CT molecular complexity index is 379. The lowest BCUT2D eigenvalue weighted by molar-refractivity contribution is 0.669. The fraction of sp³-hybridized carbons (Fsp3) is 0.333. The van der Waals surface area contributed by atoms with Crippen molar-refractivity contribution in [3.8, 4) is 0 Å². The number of aromatic nitrogens is 3. The van der Waals surface area contributed by atoms with E-state index in [2.05, 4.69) is 38.9 Å². The molecule has 4 nitrogen and oxygen atoms in total. The van der Waals surface area contributed by atoms with E-state index in [0.29, 0.717) is 0 Å². The highest BCUT2D eigenvalue weighted by Crippen LogP contribution is 2.14. The molecule has 0 spiro atoms. The summed E-state index contributed by atoms with van der Waals surface area (Å²) in [6.07, 6.45) is 1.52. The van der Waals surface area contributed by atoms with Gasteiger partial charge in [0.25, 0.3) is 0 Å². The molecular formula is C9H12N4S. The van der Waals surface area contributed by atoms with Gasteiger partial charge in [0.1, 0.15) is 12.2 Å². The van der Waals surface area contributed by atoms with Crippen LogP contribution in [0.15, 0.2) is 17.8 Å². The van der Waals surface area contributed by atoms with Crippen molar-refractivity contribution in [1.29, 1.82) is 0 Å². The number of aryl methyl sites for hydroxylation is 1. The SMILES string of the molecule is Cc1ccsc1CNCc1ncn[nH]1. The van der Waals surface area contributed by atoms with E-state index in [-0.39, 0.29) is 0 Å². The Kier molecular flexibility index (Phi) is 2.90. The average Bonchev–Trinajstić information content (AvgIpc) is 2.78. The Morgan fingerprint density at radius 3 is 3.07 bits per heavy atom. The van der Waals surface area contributed by atoms with Crippen molar-refractivity contribution in [3.05, 3.63) is 34.0 Å². The van der Waals surface area contributed by atoms with E-state index in [1.807, 2.05) is 0 Å². The molecule has 0 bridgehead atoms. The molecule has 14 heavy (non-hydrogen) atoms. The molecule has 2 aromatic heterocycles. The van der Waals surface area contributed by atoms with E-state index in [1.54, 1.807) is 11.3 Å². The van der Waals surface area contributed by atoms with E-state index in [0.717, 1.165) is 18.9 Å². The topological polar surface area (TPSA) is 53.6 Å². The predicted molar refractivity (Wildman–Crippen MR) is 56.0 cm³/mol. The Morgan fingerprint density at radius 1 is 1.50 bits per heavy atom. The predicted octanol–water partition coefficient (Wildman–Crippen LogP) is 1.46.